The lowest BCUT2D eigenvalue weighted by molar-refractivity contribution is 0.205. The van der Waals surface area contributed by atoms with Crippen LogP contribution in [0.3, 0.4) is 0 Å². The first-order chi connectivity index (χ1) is 8.65. The number of carbonyl (C=O) groups excluding carboxylic acids is 1. The SMILES string of the molecule is C[C@@H](CNC(=O)N(C)CC1CC1)Cc1cccs1. The summed E-state index contributed by atoms with van der Waals surface area (Å²) < 4.78 is 0. The lowest BCUT2D eigenvalue weighted by Gasteiger charge is -2.19. The third-order valence-electron chi connectivity index (χ3n) is 3.31. The Kier molecular flexibility index (Phi) is 4.64. The summed E-state index contributed by atoms with van der Waals surface area (Å²) in [6.45, 7) is 3.85. The largest absolute Gasteiger partial charge is 0.338 e. The van der Waals surface area contributed by atoms with Crippen molar-refractivity contribution in [3.63, 3.8) is 0 Å². The minimum Gasteiger partial charge on any atom is -0.338 e. The second-order valence-corrected chi connectivity index (χ2v) is 6.43. The number of thiophene rings is 1. The maximum atomic E-state index is 11.8. The molecule has 100 valence electrons. The molecule has 2 amide bonds. The first kappa shape index (κ1) is 13.4. The quantitative estimate of drug-likeness (QED) is 0.843. The minimum absolute atomic E-state index is 0.0694. The third-order valence-corrected chi connectivity index (χ3v) is 4.21. The minimum atomic E-state index is 0.0694. The number of rotatable bonds is 6. The molecule has 1 heterocycles. The average molecular weight is 266 g/mol. The van der Waals surface area contributed by atoms with Gasteiger partial charge in [-0.3, -0.25) is 0 Å². The molecule has 1 aliphatic rings. The summed E-state index contributed by atoms with van der Waals surface area (Å²) in [5.74, 6) is 1.24. The summed E-state index contributed by atoms with van der Waals surface area (Å²) in [5.41, 5.74) is 0. The van der Waals surface area contributed by atoms with E-state index in [1.54, 1.807) is 11.3 Å². The average Bonchev–Trinajstić information content (AvgIpc) is 3.00. The van der Waals surface area contributed by atoms with Crippen LogP contribution in [-0.2, 0) is 6.42 Å². The van der Waals surface area contributed by atoms with Gasteiger partial charge < -0.3 is 10.2 Å². The number of hydrogen-bond acceptors (Lipinski definition) is 2. The van der Waals surface area contributed by atoms with Gasteiger partial charge in [-0.05, 0) is 42.5 Å². The zero-order valence-electron chi connectivity index (χ0n) is 11.2. The van der Waals surface area contributed by atoms with Crippen molar-refractivity contribution in [3.8, 4) is 0 Å². The van der Waals surface area contributed by atoms with Crippen LogP contribution in [0.5, 0.6) is 0 Å². The van der Waals surface area contributed by atoms with Crippen molar-refractivity contribution in [2.45, 2.75) is 26.2 Å². The summed E-state index contributed by atoms with van der Waals surface area (Å²) in [6, 6.07) is 4.30. The van der Waals surface area contributed by atoms with Gasteiger partial charge in [-0.25, -0.2) is 4.79 Å². The van der Waals surface area contributed by atoms with E-state index in [4.69, 9.17) is 0 Å². The van der Waals surface area contributed by atoms with Crippen LogP contribution in [0.15, 0.2) is 17.5 Å². The van der Waals surface area contributed by atoms with Gasteiger partial charge in [-0.15, -0.1) is 11.3 Å². The van der Waals surface area contributed by atoms with Gasteiger partial charge in [0.2, 0.25) is 0 Å². The lowest BCUT2D eigenvalue weighted by atomic mass is 10.1. The molecule has 1 N–H and O–H groups in total. The highest BCUT2D eigenvalue weighted by Crippen LogP contribution is 2.29. The van der Waals surface area contributed by atoms with E-state index in [9.17, 15) is 4.79 Å². The molecule has 1 aromatic heterocycles. The van der Waals surface area contributed by atoms with Crippen LogP contribution >= 0.6 is 11.3 Å². The topological polar surface area (TPSA) is 32.3 Å². The van der Waals surface area contributed by atoms with E-state index in [0.29, 0.717) is 5.92 Å². The number of amides is 2. The summed E-state index contributed by atoms with van der Waals surface area (Å²) in [6.07, 6.45) is 3.61. The molecule has 2 rings (SSSR count). The summed E-state index contributed by atoms with van der Waals surface area (Å²) in [7, 11) is 1.89. The second-order valence-electron chi connectivity index (χ2n) is 5.40. The van der Waals surface area contributed by atoms with Gasteiger partial charge in [0.25, 0.3) is 0 Å². The molecule has 1 atom stereocenters. The monoisotopic (exact) mass is 266 g/mol. The number of hydrogen-bond donors (Lipinski definition) is 1. The molecule has 0 radical (unpaired) electrons. The first-order valence-corrected chi connectivity index (χ1v) is 7.54. The smallest absolute Gasteiger partial charge is 0.317 e. The van der Waals surface area contributed by atoms with Crippen molar-refractivity contribution in [3.05, 3.63) is 22.4 Å². The zero-order valence-corrected chi connectivity index (χ0v) is 12.0. The van der Waals surface area contributed by atoms with Crippen LogP contribution < -0.4 is 5.32 Å². The van der Waals surface area contributed by atoms with Crippen molar-refractivity contribution in [1.29, 1.82) is 0 Å². The van der Waals surface area contributed by atoms with Gasteiger partial charge >= 0.3 is 6.03 Å². The molecular formula is C14H22N2OS. The van der Waals surface area contributed by atoms with Gasteiger partial charge in [-0.1, -0.05) is 13.0 Å². The van der Waals surface area contributed by atoms with Crippen LogP contribution in [-0.4, -0.2) is 31.1 Å². The van der Waals surface area contributed by atoms with E-state index in [1.165, 1.54) is 17.7 Å². The maximum Gasteiger partial charge on any atom is 0.317 e. The van der Waals surface area contributed by atoms with E-state index in [1.807, 2.05) is 11.9 Å². The normalized spacial score (nSPS) is 16.3. The highest BCUT2D eigenvalue weighted by Gasteiger charge is 2.24. The predicted molar refractivity (Wildman–Crippen MR) is 75.9 cm³/mol. The molecular weight excluding hydrogens is 244 g/mol. The van der Waals surface area contributed by atoms with Crippen molar-refractivity contribution < 1.29 is 4.79 Å². The van der Waals surface area contributed by atoms with Crippen molar-refractivity contribution in [2.75, 3.05) is 20.1 Å². The van der Waals surface area contributed by atoms with Gasteiger partial charge in [-0.2, -0.15) is 0 Å². The Morgan fingerprint density at radius 2 is 2.39 bits per heavy atom. The molecule has 18 heavy (non-hydrogen) atoms. The maximum absolute atomic E-state index is 11.8. The molecule has 4 heteroatoms. The fraction of sp³-hybridized carbons (Fsp3) is 0.643. The Balaban J connectivity index is 1.64. The van der Waals surface area contributed by atoms with Gasteiger partial charge in [0.05, 0.1) is 0 Å². The van der Waals surface area contributed by atoms with E-state index >= 15 is 0 Å². The number of nitrogens with one attached hydrogen (secondary N) is 1. The Morgan fingerprint density at radius 3 is 3.00 bits per heavy atom. The molecule has 1 aromatic rings. The van der Waals surface area contributed by atoms with Crippen molar-refractivity contribution in [1.82, 2.24) is 10.2 Å². The molecule has 3 nitrogen and oxygen atoms in total. The van der Waals surface area contributed by atoms with E-state index in [2.05, 4.69) is 29.8 Å². The van der Waals surface area contributed by atoms with Crippen LogP contribution in [0.2, 0.25) is 0 Å². The molecule has 0 aliphatic heterocycles. The standard InChI is InChI=1S/C14H22N2OS/c1-11(8-13-4-3-7-18-13)9-15-14(17)16(2)10-12-5-6-12/h3-4,7,11-12H,5-6,8-10H2,1-2H3,(H,15,17)/t11-/m1/s1. The number of nitrogens with zero attached hydrogens (tertiary/aromatic N) is 1. The highest BCUT2D eigenvalue weighted by atomic mass is 32.1. The van der Waals surface area contributed by atoms with Crippen LogP contribution in [0.4, 0.5) is 4.79 Å². The Morgan fingerprint density at radius 1 is 1.61 bits per heavy atom. The molecule has 1 saturated carbocycles. The van der Waals surface area contributed by atoms with Gasteiger partial charge in [0, 0.05) is 25.0 Å². The molecule has 0 spiro atoms. The predicted octanol–water partition coefficient (Wildman–Crippen LogP) is 2.98. The zero-order chi connectivity index (χ0) is 13.0. The van der Waals surface area contributed by atoms with Gasteiger partial charge in [0.15, 0.2) is 0 Å². The molecule has 1 fully saturated rings. The molecule has 0 unspecified atom stereocenters. The lowest BCUT2D eigenvalue weighted by Crippen LogP contribution is -2.40. The molecule has 0 bridgehead atoms. The molecule has 1 aliphatic carbocycles. The van der Waals surface area contributed by atoms with Crippen LogP contribution in [0.1, 0.15) is 24.6 Å². The van der Waals surface area contributed by atoms with Gasteiger partial charge in [0.1, 0.15) is 0 Å². The summed E-state index contributed by atoms with van der Waals surface area (Å²) >= 11 is 1.79. The van der Waals surface area contributed by atoms with Crippen LogP contribution in [0.25, 0.3) is 0 Å². The van der Waals surface area contributed by atoms with E-state index < -0.39 is 0 Å². The van der Waals surface area contributed by atoms with Crippen LogP contribution in [0, 0.1) is 11.8 Å². The molecule has 0 saturated heterocycles. The highest BCUT2D eigenvalue weighted by molar-refractivity contribution is 7.09. The third kappa shape index (κ3) is 4.33. The number of carbonyl (C=O) groups is 1. The summed E-state index contributed by atoms with van der Waals surface area (Å²) in [5, 5.41) is 5.12. The summed E-state index contributed by atoms with van der Waals surface area (Å²) in [4.78, 5) is 15.0. The van der Waals surface area contributed by atoms with Crippen molar-refractivity contribution in [2.24, 2.45) is 11.8 Å². The fourth-order valence-corrected chi connectivity index (χ4v) is 2.88. The Labute approximate surface area is 113 Å². The molecule has 0 aromatic carbocycles. The van der Waals surface area contributed by atoms with E-state index in [-0.39, 0.29) is 6.03 Å². The van der Waals surface area contributed by atoms with E-state index in [0.717, 1.165) is 25.4 Å². The Bertz CT molecular complexity index is 373. The number of urea groups is 1. The Hall–Kier alpha value is -1.03. The second kappa shape index (κ2) is 6.23. The fourth-order valence-electron chi connectivity index (χ4n) is 2.01. The first-order valence-electron chi connectivity index (χ1n) is 6.66. The van der Waals surface area contributed by atoms with Crippen molar-refractivity contribution >= 4 is 17.4 Å².